The van der Waals surface area contributed by atoms with Gasteiger partial charge in [-0.2, -0.15) is 0 Å². The number of hydrogen-bond donors (Lipinski definition) is 1. The first-order chi connectivity index (χ1) is 12.3. The van der Waals surface area contributed by atoms with E-state index in [1.807, 2.05) is 0 Å². The van der Waals surface area contributed by atoms with Crippen molar-refractivity contribution in [1.82, 2.24) is 4.90 Å². The quantitative estimate of drug-likeness (QED) is 0.807. The number of halogens is 2. The fourth-order valence-electron chi connectivity index (χ4n) is 2.31. The predicted molar refractivity (Wildman–Crippen MR) is 102 cm³/mol. The first-order valence-corrected chi connectivity index (χ1v) is 8.33. The molecular formula is C18H18Cl2N2O4. The van der Waals surface area contributed by atoms with E-state index in [1.165, 1.54) is 32.2 Å². The summed E-state index contributed by atoms with van der Waals surface area (Å²) in [4.78, 5) is 26.2. The zero-order valence-electron chi connectivity index (χ0n) is 14.5. The molecule has 0 aliphatic rings. The Morgan fingerprint density at radius 1 is 1.00 bits per heavy atom. The number of nitrogens with one attached hydrogen (secondary N) is 1. The fourth-order valence-corrected chi connectivity index (χ4v) is 2.65. The van der Waals surface area contributed by atoms with Crippen LogP contribution in [0.25, 0.3) is 0 Å². The van der Waals surface area contributed by atoms with E-state index in [-0.39, 0.29) is 12.1 Å². The van der Waals surface area contributed by atoms with E-state index in [9.17, 15) is 9.59 Å². The molecule has 2 amide bonds. The minimum atomic E-state index is -0.401. The molecular weight excluding hydrogens is 379 g/mol. The fraction of sp³-hybridized carbons (Fsp3) is 0.222. The Morgan fingerprint density at radius 3 is 2.19 bits per heavy atom. The molecule has 0 bridgehead atoms. The van der Waals surface area contributed by atoms with Gasteiger partial charge in [0.1, 0.15) is 11.5 Å². The lowest BCUT2D eigenvalue weighted by molar-refractivity contribution is -0.116. The molecule has 0 heterocycles. The van der Waals surface area contributed by atoms with E-state index in [1.54, 1.807) is 30.3 Å². The largest absolute Gasteiger partial charge is 0.496 e. The Hall–Kier alpha value is -2.44. The van der Waals surface area contributed by atoms with Crippen molar-refractivity contribution in [3.05, 3.63) is 52.0 Å². The van der Waals surface area contributed by atoms with E-state index in [0.29, 0.717) is 27.2 Å². The molecule has 0 fully saturated rings. The molecule has 0 aliphatic carbocycles. The summed E-state index contributed by atoms with van der Waals surface area (Å²) in [5, 5.41) is 3.53. The van der Waals surface area contributed by atoms with Crippen LogP contribution in [0.5, 0.6) is 11.5 Å². The Kier molecular flexibility index (Phi) is 6.71. The molecule has 0 aromatic heterocycles. The lowest BCUT2D eigenvalue weighted by Gasteiger charge is -2.19. The Labute approximate surface area is 161 Å². The third kappa shape index (κ3) is 4.80. The second kappa shape index (κ2) is 8.78. The lowest BCUT2D eigenvalue weighted by atomic mass is 10.1. The highest BCUT2D eigenvalue weighted by molar-refractivity contribution is 6.31. The van der Waals surface area contributed by atoms with Crippen LogP contribution in [0.3, 0.4) is 0 Å². The van der Waals surface area contributed by atoms with Gasteiger partial charge in [-0.25, -0.2) is 0 Å². The van der Waals surface area contributed by atoms with Gasteiger partial charge in [0.15, 0.2) is 0 Å². The van der Waals surface area contributed by atoms with Gasteiger partial charge in [0.05, 0.1) is 32.0 Å². The summed E-state index contributed by atoms with van der Waals surface area (Å²) >= 11 is 11.9. The molecule has 0 radical (unpaired) electrons. The topological polar surface area (TPSA) is 67.9 Å². The molecule has 26 heavy (non-hydrogen) atoms. The van der Waals surface area contributed by atoms with Gasteiger partial charge in [-0.05, 0) is 36.4 Å². The monoisotopic (exact) mass is 396 g/mol. The van der Waals surface area contributed by atoms with Gasteiger partial charge in [0.2, 0.25) is 5.91 Å². The van der Waals surface area contributed by atoms with E-state index in [0.717, 1.165) is 0 Å². The average molecular weight is 397 g/mol. The van der Waals surface area contributed by atoms with Crippen LogP contribution in [0.1, 0.15) is 10.4 Å². The van der Waals surface area contributed by atoms with Crippen LogP contribution in [-0.2, 0) is 4.79 Å². The van der Waals surface area contributed by atoms with Gasteiger partial charge >= 0.3 is 0 Å². The van der Waals surface area contributed by atoms with Crippen LogP contribution in [0.2, 0.25) is 10.0 Å². The highest BCUT2D eigenvalue weighted by Gasteiger charge is 2.20. The second-order valence-electron chi connectivity index (χ2n) is 5.40. The molecule has 0 spiro atoms. The van der Waals surface area contributed by atoms with Gasteiger partial charge < -0.3 is 19.7 Å². The van der Waals surface area contributed by atoms with Crippen molar-refractivity contribution in [3.8, 4) is 11.5 Å². The third-order valence-corrected chi connectivity index (χ3v) is 4.03. The summed E-state index contributed by atoms with van der Waals surface area (Å²) in [5.41, 5.74) is 0.696. The summed E-state index contributed by atoms with van der Waals surface area (Å²) in [6.45, 7) is -0.176. The zero-order chi connectivity index (χ0) is 19.3. The first-order valence-electron chi connectivity index (χ1n) is 7.58. The van der Waals surface area contributed by atoms with Crippen molar-refractivity contribution in [2.45, 2.75) is 0 Å². The van der Waals surface area contributed by atoms with E-state index < -0.39 is 11.8 Å². The minimum absolute atomic E-state index is 0.176. The van der Waals surface area contributed by atoms with E-state index >= 15 is 0 Å². The predicted octanol–water partition coefficient (Wildman–Crippen LogP) is 3.72. The Balaban J connectivity index is 2.11. The van der Waals surface area contributed by atoms with Crippen molar-refractivity contribution in [2.75, 3.05) is 33.1 Å². The number of methoxy groups -OCH3 is 2. The molecule has 8 heteroatoms. The second-order valence-corrected chi connectivity index (χ2v) is 6.27. The summed E-state index contributed by atoms with van der Waals surface area (Å²) in [7, 11) is 4.45. The molecule has 0 saturated heterocycles. The summed E-state index contributed by atoms with van der Waals surface area (Å²) in [6, 6.07) is 9.58. The van der Waals surface area contributed by atoms with E-state index in [2.05, 4.69) is 5.32 Å². The number of amides is 2. The van der Waals surface area contributed by atoms with Crippen molar-refractivity contribution < 1.29 is 19.1 Å². The molecule has 1 N–H and O–H groups in total. The van der Waals surface area contributed by atoms with Crippen LogP contribution >= 0.6 is 23.2 Å². The van der Waals surface area contributed by atoms with Gasteiger partial charge in [-0.15, -0.1) is 0 Å². The van der Waals surface area contributed by atoms with Crippen LogP contribution in [0, 0.1) is 0 Å². The summed E-state index contributed by atoms with van der Waals surface area (Å²) in [5.74, 6) is 0.0522. The number of hydrogen-bond acceptors (Lipinski definition) is 4. The normalized spacial score (nSPS) is 10.2. The number of benzene rings is 2. The number of anilines is 1. The maximum atomic E-state index is 12.6. The van der Waals surface area contributed by atoms with Gasteiger partial charge in [0, 0.05) is 17.1 Å². The van der Waals surface area contributed by atoms with Crippen molar-refractivity contribution in [2.24, 2.45) is 0 Å². The number of carbonyl (C=O) groups excluding carboxylic acids is 2. The maximum absolute atomic E-state index is 12.6. The molecule has 0 atom stereocenters. The number of ether oxygens (including phenoxy) is 2. The molecule has 0 saturated carbocycles. The maximum Gasteiger partial charge on any atom is 0.257 e. The van der Waals surface area contributed by atoms with Crippen LogP contribution in [0.15, 0.2) is 36.4 Å². The van der Waals surface area contributed by atoms with Crippen LogP contribution in [-0.4, -0.2) is 44.5 Å². The molecule has 2 aromatic carbocycles. The molecule has 2 rings (SSSR count). The number of rotatable bonds is 6. The zero-order valence-corrected chi connectivity index (χ0v) is 16.0. The number of carbonyl (C=O) groups is 2. The van der Waals surface area contributed by atoms with Crippen molar-refractivity contribution in [1.29, 1.82) is 0 Å². The molecule has 0 aliphatic heterocycles. The summed E-state index contributed by atoms with van der Waals surface area (Å²) < 4.78 is 10.4. The third-order valence-electron chi connectivity index (χ3n) is 3.56. The smallest absolute Gasteiger partial charge is 0.257 e. The lowest BCUT2D eigenvalue weighted by Crippen LogP contribution is -2.35. The van der Waals surface area contributed by atoms with E-state index in [4.69, 9.17) is 32.7 Å². The Bertz CT molecular complexity index is 827. The SMILES string of the molecule is COc1ccc(Cl)cc1NC(=O)CN(C)C(=O)c1cc(Cl)ccc1OC. The molecule has 6 nitrogen and oxygen atoms in total. The number of likely N-dealkylation sites (N-methyl/N-ethyl adjacent to an activating group) is 1. The number of nitrogens with zero attached hydrogens (tertiary/aromatic N) is 1. The van der Waals surface area contributed by atoms with Crippen LogP contribution < -0.4 is 14.8 Å². The highest BCUT2D eigenvalue weighted by Crippen LogP contribution is 2.28. The first kappa shape index (κ1) is 19.9. The molecule has 138 valence electrons. The standard InChI is InChI=1S/C18H18Cl2N2O4/c1-22(18(24)13-8-11(19)4-6-15(13)25-2)10-17(23)21-14-9-12(20)5-7-16(14)26-3/h4-9H,10H2,1-3H3,(H,21,23). The highest BCUT2D eigenvalue weighted by atomic mass is 35.5. The van der Waals surface area contributed by atoms with Crippen molar-refractivity contribution in [3.63, 3.8) is 0 Å². The van der Waals surface area contributed by atoms with Gasteiger partial charge in [-0.1, -0.05) is 23.2 Å². The Morgan fingerprint density at radius 2 is 1.58 bits per heavy atom. The van der Waals surface area contributed by atoms with Crippen molar-refractivity contribution >= 4 is 40.7 Å². The summed E-state index contributed by atoms with van der Waals surface area (Å²) in [6.07, 6.45) is 0. The molecule has 2 aromatic rings. The van der Waals surface area contributed by atoms with Gasteiger partial charge in [0.25, 0.3) is 5.91 Å². The molecule has 0 unspecified atom stereocenters. The minimum Gasteiger partial charge on any atom is -0.496 e. The van der Waals surface area contributed by atoms with Gasteiger partial charge in [-0.3, -0.25) is 9.59 Å². The van der Waals surface area contributed by atoms with Crippen LogP contribution in [0.4, 0.5) is 5.69 Å². The average Bonchev–Trinajstić information content (AvgIpc) is 2.61.